The van der Waals surface area contributed by atoms with Gasteiger partial charge < -0.3 is 9.52 Å². The van der Waals surface area contributed by atoms with Crippen LogP contribution in [0.5, 0.6) is 0 Å². The van der Waals surface area contributed by atoms with Crippen molar-refractivity contribution in [3.05, 3.63) is 54.4 Å². The molecule has 1 aromatic carbocycles. The highest BCUT2D eigenvalue weighted by atomic mass is 19.2. The lowest BCUT2D eigenvalue weighted by Crippen LogP contribution is -2.26. The molecule has 21 heavy (non-hydrogen) atoms. The second kappa shape index (κ2) is 7.10. The highest BCUT2D eigenvalue weighted by Gasteiger charge is 2.12. The Balaban J connectivity index is 2.13. The molecule has 0 aliphatic heterocycles. The summed E-state index contributed by atoms with van der Waals surface area (Å²) in [6.07, 6.45) is 3.19. The van der Waals surface area contributed by atoms with Crippen molar-refractivity contribution >= 4 is 0 Å². The van der Waals surface area contributed by atoms with Gasteiger partial charge in [0.25, 0.3) is 0 Å². The Morgan fingerprint density at radius 3 is 2.81 bits per heavy atom. The van der Waals surface area contributed by atoms with Gasteiger partial charge in [-0.05, 0) is 18.2 Å². The van der Waals surface area contributed by atoms with Crippen LogP contribution in [0.1, 0.15) is 5.69 Å². The SMILES string of the molecule is C=CCN(CCO)Cc1coc(-c2ccc(F)c(F)c2)n1. The van der Waals surface area contributed by atoms with E-state index >= 15 is 0 Å². The third kappa shape index (κ3) is 3.96. The van der Waals surface area contributed by atoms with Crippen LogP contribution >= 0.6 is 0 Å². The molecule has 1 N–H and O–H groups in total. The first-order chi connectivity index (χ1) is 10.1. The van der Waals surface area contributed by atoms with Crippen LogP contribution < -0.4 is 0 Å². The summed E-state index contributed by atoms with van der Waals surface area (Å²) in [5, 5.41) is 8.98. The van der Waals surface area contributed by atoms with Crippen LogP contribution in [0.3, 0.4) is 0 Å². The lowest BCUT2D eigenvalue weighted by atomic mass is 10.2. The summed E-state index contributed by atoms with van der Waals surface area (Å²) in [6, 6.07) is 3.48. The molecule has 6 heteroatoms. The zero-order chi connectivity index (χ0) is 15.2. The van der Waals surface area contributed by atoms with Crippen LogP contribution in [0, 0.1) is 11.6 Å². The molecule has 0 spiro atoms. The van der Waals surface area contributed by atoms with Gasteiger partial charge in [0.2, 0.25) is 5.89 Å². The Labute approximate surface area is 121 Å². The molecule has 112 valence electrons. The van der Waals surface area contributed by atoms with Gasteiger partial charge in [-0.1, -0.05) is 6.08 Å². The van der Waals surface area contributed by atoms with Crippen molar-refractivity contribution < 1.29 is 18.3 Å². The summed E-state index contributed by atoms with van der Waals surface area (Å²) in [6.45, 7) is 5.24. The maximum Gasteiger partial charge on any atom is 0.226 e. The van der Waals surface area contributed by atoms with Gasteiger partial charge in [0, 0.05) is 25.2 Å². The van der Waals surface area contributed by atoms with Crippen molar-refractivity contribution in [2.45, 2.75) is 6.54 Å². The van der Waals surface area contributed by atoms with E-state index in [1.165, 1.54) is 12.3 Å². The van der Waals surface area contributed by atoms with Gasteiger partial charge in [-0.15, -0.1) is 6.58 Å². The molecule has 1 aromatic heterocycles. The second-order valence-corrected chi connectivity index (χ2v) is 4.52. The molecule has 0 bridgehead atoms. The smallest absolute Gasteiger partial charge is 0.226 e. The van der Waals surface area contributed by atoms with E-state index in [1.807, 2.05) is 4.90 Å². The Hall–Kier alpha value is -2.05. The number of nitrogens with zero attached hydrogens (tertiary/aromatic N) is 2. The average Bonchev–Trinajstić information content (AvgIpc) is 2.91. The molecule has 2 aromatic rings. The zero-order valence-corrected chi connectivity index (χ0v) is 11.4. The molecule has 4 nitrogen and oxygen atoms in total. The summed E-state index contributed by atoms with van der Waals surface area (Å²) in [7, 11) is 0. The molecule has 0 saturated heterocycles. The first-order valence-electron chi connectivity index (χ1n) is 6.48. The van der Waals surface area contributed by atoms with E-state index in [-0.39, 0.29) is 12.5 Å². The summed E-state index contributed by atoms with van der Waals surface area (Å²) in [5.74, 6) is -1.63. The van der Waals surface area contributed by atoms with E-state index < -0.39 is 11.6 Å². The molecule has 1 heterocycles. The van der Waals surface area contributed by atoms with Crippen molar-refractivity contribution in [2.75, 3.05) is 19.7 Å². The van der Waals surface area contributed by atoms with Gasteiger partial charge in [-0.3, -0.25) is 4.90 Å². The third-order valence-electron chi connectivity index (χ3n) is 2.91. The third-order valence-corrected chi connectivity index (χ3v) is 2.91. The van der Waals surface area contributed by atoms with Crippen LogP contribution in [0.25, 0.3) is 11.5 Å². The predicted octanol–water partition coefficient (Wildman–Crippen LogP) is 2.60. The van der Waals surface area contributed by atoms with Crippen molar-refractivity contribution in [3.8, 4) is 11.5 Å². The predicted molar refractivity (Wildman–Crippen MR) is 74.4 cm³/mol. The fraction of sp³-hybridized carbons (Fsp3) is 0.267. The van der Waals surface area contributed by atoms with Crippen molar-refractivity contribution in [1.82, 2.24) is 9.88 Å². The zero-order valence-electron chi connectivity index (χ0n) is 11.4. The lowest BCUT2D eigenvalue weighted by molar-refractivity contribution is 0.202. The largest absolute Gasteiger partial charge is 0.444 e. The molecule has 0 saturated carbocycles. The van der Waals surface area contributed by atoms with Gasteiger partial charge in [0.15, 0.2) is 11.6 Å². The molecule has 0 radical (unpaired) electrons. The average molecular weight is 294 g/mol. The van der Waals surface area contributed by atoms with Gasteiger partial charge in [0.1, 0.15) is 6.26 Å². The van der Waals surface area contributed by atoms with E-state index in [0.717, 1.165) is 12.1 Å². The monoisotopic (exact) mass is 294 g/mol. The summed E-state index contributed by atoms with van der Waals surface area (Å²) in [4.78, 5) is 6.17. The molecule has 0 atom stereocenters. The Kier molecular flexibility index (Phi) is 5.19. The minimum absolute atomic E-state index is 0.0295. The van der Waals surface area contributed by atoms with Crippen LogP contribution in [0.2, 0.25) is 0 Å². The molecule has 0 aliphatic rings. The number of oxazole rings is 1. The van der Waals surface area contributed by atoms with Gasteiger partial charge in [0.05, 0.1) is 12.3 Å². The molecule has 2 rings (SSSR count). The number of hydrogen-bond donors (Lipinski definition) is 1. The molecule has 0 fully saturated rings. The van der Waals surface area contributed by atoms with Crippen LogP contribution in [0.15, 0.2) is 41.5 Å². The fourth-order valence-electron chi connectivity index (χ4n) is 1.93. The number of aliphatic hydroxyl groups is 1. The van der Waals surface area contributed by atoms with Crippen LogP contribution in [-0.2, 0) is 6.54 Å². The van der Waals surface area contributed by atoms with Gasteiger partial charge in [-0.2, -0.15) is 0 Å². The minimum atomic E-state index is -0.944. The summed E-state index contributed by atoms with van der Waals surface area (Å²) >= 11 is 0. The Morgan fingerprint density at radius 1 is 1.33 bits per heavy atom. The highest BCUT2D eigenvalue weighted by molar-refractivity contribution is 5.53. The van der Waals surface area contributed by atoms with Crippen molar-refractivity contribution in [1.29, 1.82) is 0 Å². The number of aliphatic hydroxyl groups excluding tert-OH is 1. The Morgan fingerprint density at radius 2 is 2.14 bits per heavy atom. The number of aromatic nitrogens is 1. The number of hydrogen-bond acceptors (Lipinski definition) is 4. The first kappa shape index (κ1) is 15.3. The minimum Gasteiger partial charge on any atom is -0.444 e. The van der Waals surface area contributed by atoms with E-state index in [9.17, 15) is 8.78 Å². The van der Waals surface area contributed by atoms with E-state index in [2.05, 4.69) is 11.6 Å². The standard InChI is InChI=1S/C15H16F2N2O2/c1-2-5-19(6-7-20)9-12-10-21-15(18-12)11-3-4-13(16)14(17)8-11/h2-4,8,10,20H,1,5-7,9H2. The van der Waals surface area contributed by atoms with E-state index in [4.69, 9.17) is 9.52 Å². The number of rotatable bonds is 7. The fourth-order valence-corrected chi connectivity index (χ4v) is 1.93. The second-order valence-electron chi connectivity index (χ2n) is 4.52. The maximum atomic E-state index is 13.2. The summed E-state index contributed by atoms with van der Waals surface area (Å²) in [5.41, 5.74) is 1.02. The van der Waals surface area contributed by atoms with Gasteiger partial charge >= 0.3 is 0 Å². The normalized spacial score (nSPS) is 11.0. The van der Waals surface area contributed by atoms with E-state index in [1.54, 1.807) is 6.08 Å². The van der Waals surface area contributed by atoms with E-state index in [0.29, 0.717) is 30.9 Å². The quantitative estimate of drug-likeness (QED) is 0.797. The molecular formula is C15H16F2N2O2. The highest BCUT2D eigenvalue weighted by Crippen LogP contribution is 2.21. The van der Waals surface area contributed by atoms with Crippen molar-refractivity contribution in [3.63, 3.8) is 0 Å². The molecular weight excluding hydrogens is 278 g/mol. The number of halogens is 2. The summed E-state index contributed by atoms with van der Waals surface area (Å²) < 4.78 is 31.4. The lowest BCUT2D eigenvalue weighted by Gasteiger charge is -2.17. The number of benzene rings is 1. The van der Waals surface area contributed by atoms with Gasteiger partial charge in [-0.25, -0.2) is 13.8 Å². The topological polar surface area (TPSA) is 49.5 Å². The Bertz CT molecular complexity index is 613. The molecule has 0 unspecified atom stereocenters. The van der Waals surface area contributed by atoms with Crippen LogP contribution in [0.4, 0.5) is 8.78 Å². The first-order valence-corrected chi connectivity index (χ1v) is 6.48. The van der Waals surface area contributed by atoms with Crippen LogP contribution in [-0.4, -0.2) is 34.7 Å². The maximum absolute atomic E-state index is 13.2. The van der Waals surface area contributed by atoms with Crippen molar-refractivity contribution in [2.24, 2.45) is 0 Å². The molecule has 0 amide bonds. The molecule has 0 aliphatic carbocycles.